The van der Waals surface area contributed by atoms with Crippen molar-refractivity contribution in [1.29, 1.82) is 0 Å². The minimum absolute atomic E-state index is 0.558. The highest BCUT2D eigenvalue weighted by Crippen LogP contribution is 2.32. The smallest absolute Gasteiger partial charge is 0.0294 e. The van der Waals surface area contributed by atoms with Gasteiger partial charge in [-0.3, -0.25) is 0 Å². The topological polar surface area (TPSA) is 0 Å². The molecule has 12 heavy (non-hydrogen) atoms. The Morgan fingerprint density at radius 1 is 1.25 bits per heavy atom. The molecule has 0 aliphatic rings. The van der Waals surface area contributed by atoms with Gasteiger partial charge in [-0.1, -0.05) is 52.2 Å². The van der Waals surface area contributed by atoms with Crippen LogP contribution in [0, 0.1) is 5.41 Å². The monoisotopic (exact) mass is 168 g/mol. The zero-order chi connectivity index (χ0) is 9.45. The van der Waals surface area contributed by atoms with E-state index in [1.165, 1.54) is 32.1 Å². The molecule has 0 nitrogen and oxygen atoms in total. The second-order valence-corrected chi connectivity index (χ2v) is 4.04. The van der Waals surface area contributed by atoms with Gasteiger partial charge in [-0.25, -0.2) is 0 Å². The second-order valence-electron chi connectivity index (χ2n) is 4.04. The van der Waals surface area contributed by atoms with E-state index in [-0.39, 0.29) is 0 Å². The molecule has 0 fully saturated rings. The molecule has 72 valence electrons. The number of hydrogen-bond acceptors (Lipinski definition) is 0. The maximum absolute atomic E-state index is 2.41. The van der Waals surface area contributed by atoms with E-state index >= 15 is 0 Å². The third kappa shape index (κ3) is 4.58. The van der Waals surface area contributed by atoms with Crippen molar-refractivity contribution in [1.82, 2.24) is 0 Å². The Bertz CT molecular complexity index is 124. The van der Waals surface area contributed by atoms with Crippen LogP contribution in [0.1, 0.15) is 59.8 Å². The predicted molar refractivity (Wildman–Crippen MR) is 57.4 cm³/mol. The van der Waals surface area contributed by atoms with Gasteiger partial charge >= 0.3 is 0 Å². The van der Waals surface area contributed by atoms with E-state index in [2.05, 4.69) is 39.8 Å². The number of rotatable bonds is 6. The molecule has 0 spiro atoms. The van der Waals surface area contributed by atoms with E-state index in [0.29, 0.717) is 5.41 Å². The van der Waals surface area contributed by atoms with Crippen molar-refractivity contribution in [3.05, 3.63) is 12.2 Å². The molecule has 0 bridgehead atoms. The van der Waals surface area contributed by atoms with Crippen LogP contribution in [0.2, 0.25) is 0 Å². The second kappa shape index (κ2) is 6.28. The normalized spacial score (nSPS) is 16.7. The average Bonchev–Trinajstić information content (AvgIpc) is 2.11. The van der Waals surface area contributed by atoms with Crippen LogP contribution in [-0.4, -0.2) is 0 Å². The minimum Gasteiger partial charge on any atom is -0.0916 e. The molecule has 0 amide bonds. The fourth-order valence-electron chi connectivity index (χ4n) is 1.43. The first-order valence-corrected chi connectivity index (χ1v) is 5.29. The lowest BCUT2D eigenvalue weighted by atomic mass is 9.79. The average molecular weight is 168 g/mol. The quantitative estimate of drug-likeness (QED) is 0.510. The first kappa shape index (κ1) is 11.7. The van der Waals surface area contributed by atoms with E-state index < -0.39 is 0 Å². The van der Waals surface area contributed by atoms with Gasteiger partial charge in [0.05, 0.1) is 0 Å². The highest BCUT2D eigenvalue weighted by molar-refractivity contribution is 4.86. The fourth-order valence-corrected chi connectivity index (χ4v) is 1.43. The van der Waals surface area contributed by atoms with Crippen LogP contribution in [-0.2, 0) is 0 Å². The van der Waals surface area contributed by atoms with E-state index in [4.69, 9.17) is 0 Å². The molecule has 0 heteroatoms. The summed E-state index contributed by atoms with van der Waals surface area (Å²) in [4.78, 5) is 0. The molecular formula is C12H24. The van der Waals surface area contributed by atoms with Crippen LogP contribution in [0.4, 0.5) is 0 Å². The number of allylic oxidation sites excluding steroid dienone is 2. The molecule has 0 N–H and O–H groups in total. The summed E-state index contributed by atoms with van der Waals surface area (Å²) in [6, 6.07) is 0. The van der Waals surface area contributed by atoms with Gasteiger partial charge in [-0.05, 0) is 25.2 Å². The van der Waals surface area contributed by atoms with E-state index in [1.54, 1.807) is 0 Å². The van der Waals surface area contributed by atoms with Gasteiger partial charge in [-0.2, -0.15) is 0 Å². The third-order valence-corrected chi connectivity index (χ3v) is 2.83. The van der Waals surface area contributed by atoms with Crippen molar-refractivity contribution in [2.24, 2.45) is 5.41 Å². The Balaban J connectivity index is 3.86. The van der Waals surface area contributed by atoms with Crippen LogP contribution in [0.3, 0.4) is 0 Å². The lowest BCUT2D eigenvalue weighted by Gasteiger charge is -2.26. The molecule has 0 aliphatic carbocycles. The summed E-state index contributed by atoms with van der Waals surface area (Å²) in [5.41, 5.74) is 0.558. The number of hydrogen-bond donors (Lipinski definition) is 0. The SMILES string of the molecule is CC=CCC(C)(CC)CCCC. The molecule has 0 aromatic heterocycles. The summed E-state index contributed by atoms with van der Waals surface area (Å²) in [6.45, 7) is 9.09. The highest BCUT2D eigenvalue weighted by atomic mass is 14.2. The predicted octanol–water partition coefficient (Wildman–Crippen LogP) is 4.56. The maximum atomic E-state index is 2.41. The maximum Gasteiger partial charge on any atom is -0.0294 e. The Labute approximate surface area is 78.1 Å². The molecule has 0 saturated carbocycles. The summed E-state index contributed by atoms with van der Waals surface area (Å²) in [5.74, 6) is 0. The van der Waals surface area contributed by atoms with Gasteiger partial charge in [-0.15, -0.1) is 0 Å². The Morgan fingerprint density at radius 3 is 2.33 bits per heavy atom. The van der Waals surface area contributed by atoms with E-state index in [1.807, 2.05) is 0 Å². The Kier molecular flexibility index (Phi) is 6.14. The van der Waals surface area contributed by atoms with Crippen LogP contribution in [0.25, 0.3) is 0 Å². The molecule has 0 aromatic carbocycles. The molecule has 0 aliphatic heterocycles. The Morgan fingerprint density at radius 2 is 1.92 bits per heavy atom. The van der Waals surface area contributed by atoms with E-state index in [0.717, 1.165) is 0 Å². The van der Waals surface area contributed by atoms with Gasteiger partial charge in [0.2, 0.25) is 0 Å². The summed E-state index contributed by atoms with van der Waals surface area (Å²) < 4.78 is 0. The molecule has 0 aromatic rings. The standard InChI is InChI=1S/C12H24/c1-5-8-10-12(4,7-3)11-9-6-2/h5,8H,6-7,9-11H2,1-4H3. The third-order valence-electron chi connectivity index (χ3n) is 2.83. The number of unbranched alkanes of at least 4 members (excludes halogenated alkanes) is 1. The van der Waals surface area contributed by atoms with Crippen molar-refractivity contribution < 1.29 is 0 Å². The molecule has 0 radical (unpaired) electrons. The molecule has 1 atom stereocenters. The van der Waals surface area contributed by atoms with Gasteiger partial charge < -0.3 is 0 Å². The van der Waals surface area contributed by atoms with Crippen molar-refractivity contribution in [2.75, 3.05) is 0 Å². The summed E-state index contributed by atoms with van der Waals surface area (Å²) >= 11 is 0. The molecule has 0 saturated heterocycles. The first-order chi connectivity index (χ1) is 5.68. The lowest BCUT2D eigenvalue weighted by molar-refractivity contribution is 0.279. The van der Waals surface area contributed by atoms with Gasteiger partial charge in [0.1, 0.15) is 0 Å². The van der Waals surface area contributed by atoms with E-state index in [9.17, 15) is 0 Å². The summed E-state index contributed by atoms with van der Waals surface area (Å²) in [6.07, 6.45) is 11.1. The summed E-state index contributed by atoms with van der Waals surface area (Å²) in [5, 5.41) is 0. The van der Waals surface area contributed by atoms with Gasteiger partial charge in [0.15, 0.2) is 0 Å². The fraction of sp³-hybridized carbons (Fsp3) is 0.833. The van der Waals surface area contributed by atoms with Crippen LogP contribution < -0.4 is 0 Å². The molecule has 0 rings (SSSR count). The molecule has 1 unspecified atom stereocenters. The minimum atomic E-state index is 0.558. The largest absolute Gasteiger partial charge is 0.0916 e. The Hall–Kier alpha value is -0.260. The van der Waals surface area contributed by atoms with Crippen molar-refractivity contribution in [3.8, 4) is 0 Å². The van der Waals surface area contributed by atoms with Crippen LogP contribution >= 0.6 is 0 Å². The van der Waals surface area contributed by atoms with Gasteiger partial charge in [0, 0.05) is 0 Å². The van der Waals surface area contributed by atoms with Crippen LogP contribution in [0.15, 0.2) is 12.2 Å². The molecule has 0 heterocycles. The van der Waals surface area contributed by atoms with Crippen molar-refractivity contribution in [3.63, 3.8) is 0 Å². The highest BCUT2D eigenvalue weighted by Gasteiger charge is 2.18. The summed E-state index contributed by atoms with van der Waals surface area (Å²) in [7, 11) is 0. The first-order valence-electron chi connectivity index (χ1n) is 5.29. The van der Waals surface area contributed by atoms with Crippen LogP contribution in [0.5, 0.6) is 0 Å². The lowest BCUT2D eigenvalue weighted by Crippen LogP contribution is -2.13. The van der Waals surface area contributed by atoms with Crippen molar-refractivity contribution in [2.45, 2.75) is 59.8 Å². The van der Waals surface area contributed by atoms with Gasteiger partial charge in [0.25, 0.3) is 0 Å². The molecular weight excluding hydrogens is 144 g/mol. The zero-order valence-corrected chi connectivity index (χ0v) is 9.19. The van der Waals surface area contributed by atoms with Crippen molar-refractivity contribution >= 4 is 0 Å². The zero-order valence-electron chi connectivity index (χ0n) is 9.19.